The molecule has 6 nitrogen and oxygen atoms in total. The molecule has 1 aromatic carbocycles. The normalized spacial score (nSPS) is 10.9. The average Bonchev–Trinajstić information content (AvgIpc) is 2.91. The largest absolute Gasteiger partial charge is 0.462 e. The first-order valence-electron chi connectivity index (χ1n) is 8.62. The molecule has 8 heteroatoms. The Morgan fingerprint density at radius 1 is 1.29 bits per heavy atom. The first-order chi connectivity index (χ1) is 13.2. The van der Waals surface area contributed by atoms with Crippen LogP contribution in [0.2, 0.25) is 5.02 Å². The van der Waals surface area contributed by atoms with E-state index in [-0.39, 0.29) is 12.2 Å². The fourth-order valence-corrected chi connectivity index (χ4v) is 4.18. The Hall–Kier alpha value is -2.64. The van der Waals surface area contributed by atoms with Crippen LogP contribution in [0, 0.1) is 13.8 Å². The molecule has 146 valence electrons. The molecule has 2 heterocycles. The second kappa shape index (κ2) is 7.77. The zero-order valence-electron chi connectivity index (χ0n) is 15.9. The lowest BCUT2D eigenvalue weighted by atomic mass is 10.1. The molecule has 1 amide bonds. The number of rotatable bonds is 4. The summed E-state index contributed by atoms with van der Waals surface area (Å²) in [6.45, 7) is 5.60. The SMILES string of the molecule is CCOC(=O)c1c(NC(=O)c2cn(C)c3ccc(Cl)cc3c2=O)sc(C)c1C. The number of esters is 1. The van der Waals surface area contributed by atoms with Crippen LogP contribution in [0.4, 0.5) is 5.00 Å². The number of thiophene rings is 1. The van der Waals surface area contributed by atoms with Crippen LogP contribution in [0.15, 0.2) is 29.2 Å². The molecule has 0 aliphatic carbocycles. The third-order valence-corrected chi connectivity index (χ3v) is 5.84. The van der Waals surface area contributed by atoms with E-state index in [1.54, 1.807) is 43.7 Å². The molecule has 2 aromatic heterocycles. The number of hydrogen-bond donors (Lipinski definition) is 1. The van der Waals surface area contributed by atoms with Crippen molar-refractivity contribution in [3.05, 3.63) is 61.2 Å². The number of anilines is 1. The number of ether oxygens (including phenoxy) is 1. The van der Waals surface area contributed by atoms with Gasteiger partial charge in [0.15, 0.2) is 0 Å². The third-order valence-electron chi connectivity index (χ3n) is 4.49. The van der Waals surface area contributed by atoms with Crippen molar-refractivity contribution < 1.29 is 14.3 Å². The van der Waals surface area contributed by atoms with Crippen LogP contribution in [0.5, 0.6) is 0 Å². The van der Waals surface area contributed by atoms with Crippen molar-refractivity contribution in [1.82, 2.24) is 4.57 Å². The van der Waals surface area contributed by atoms with Crippen LogP contribution in [0.1, 0.15) is 38.1 Å². The number of pyridine rings is 1. The number of nitrogens with zero attached hydrogens (tertiary/aromatic N) is 1. The van der Waals surface area contributed by atoms with Crippen LogP contribution < -0.4 is 10.7 Å². The predicted molar refractivity (Wildman–Crippen MR) is 112 cm³/mol. The van der Waals surface area contributed by atoms with Gasteiger partial charge in [-0.1, -0.05) is 11.6 Å². The molecular weight excluding hydrogens is 400 g/mol. The number of halogens is 1. The van der Waals surface area contributed by atoms with E-state index in [2.05, 4.69) is 5.32 Å². The molecule has 0 spiro atoms. The number of amides is 1. The van der Waals surface area contributed by atoms with Gasteiger partial charge in [0.1, 0.15) is 10.6 Å². The lowest BCUT2D eigenvalue weighted by Gasteiger charge is -2.10. The van der Waals surface area contributed by atoms with Crippen molar-refractivity contribution >= 4 is 50.7 Å². The number of benzene rings is 1. The lowest BCUT2D eigenvalue weighted by molar-refractivity contribution is 0.0527. The highest BCUT2D eigenvalue weighted by molar-refractivity contribution is 7.16. The second-order valence-electron chi connectivity index (χ2n) is 6.31. The monoisotopic (exact) mass is 418 g/mol. The van der Waals surface area contributed by atoms with Crippen molar-refractivity contribution in [1.29, 1.82) is 0 Å². The second-order valence-corrected chi connectivity index (χ2v) is 7.97. The van der Waals surface area contributed by atoms with Gasteiger partial charge in [-0.2, -0.15) is 0 Å². The van der Waals surface area contributed by atoms with E-state index < -0.39 is 17.3 Å². The van der Waals surface area contributed by atoms with Gasteiger partial charge in [0.25, 0.3) is 5.91 Å². The minimum atomic E-state index is -0.589. The van der Waals surface area contributed by atoms with Gasteiger partial charge in [-0.25, -0.2) is 4.79 Å². The summed E-state index contributed by atoms with van der Waals surface area (Å²) in [6.07, 6.45) is 1.48. The van der Waals surface area contributed by atoms with E-state index in [0.29, 0.717) is 26.5 Å². The van der Waals surface area contributed by atoms with Crippen molar-refractivity contribution in [3.8, 4) is 0 Å². The van der Waals surface area contributed by atoms with Gasteiger partial charge in [0.05, 0.1) is 17.7 Å². The van der Waals surface area contributed by atoms with Gasteiger partial charge < -0.3 is 14.6 Å². The molecule has 0 radical (unpaired) electrons. The summed E-state index contributed by atoms with van der Waals surface area (Å²) in [4.78, 5) is 38.9. The summed E-state index contributed by atoms with van der Waals surface area (Å²) in [5.41, 5.74) is 1.28. The van der Waals surface area contributed by atoms with Gasteiger partial charge in [-0.15, -0.1) is 11.3 Å². The lowest BCUT2D eigenvalue weighted by Crippen LogP contribution is -2.24. The minimum Gasteiger partial charge on any atom is -0.462 e. The Bertz CT molecular complexity index is 1160. The molecule has 0 saturated heterocycles. The third kappa shape index (κ3) is 3.55. The Kier molecular flexibility index (Phi) is 5.58. The fourth-order valence-electron chi connectivity index (χ4n) is 2.96. The topological polar surface area (TPSA) is 77.4 Å². The summed E-state index contributed by atoms with van der Waals surface area (Å²) in [7, 11) is 1.75. The van der Waals surface area contributed by atoms with E-state index in [9.17, 15) is 14.4 Å². The highest BCUT2D eigenvalue weighted by atomic mass is 35.5. The summed E-state index contributed by atoms with van der Waals surface area (Å²) in [5.74, 6) is -1.09. The van der Waals surface area contributed by atoms with Gasteiger partial charge in [-0.3, -0.25) is 9.59 Å². The summed E-state index contributed by atoms with van der Waals surface area (Å²) in [6, 6.07) is 4.96. The van der Waals surface area contributed by atoms with Crippen molar-refractivity contribution in [2.45, 2.75) is 20.8 Å². The maximum Gasteiger partial charge on any atom is 0.341 e. The van der Waals surface area contributed by atoms with Gasteiger partial charge in [-0.05, 0) is 44.5 Å². The maximum atomic E-state index is 12.9. The molecule has 0 aliphatic heterocycles. The number of aromatic nitrogens is 1. The quantitative estimate of drug-likeness (QED) is 0.641. The minimum absolute atomic E-state index is 0.0317. The van der Waals surface area contributed by atoms with Crippen molar-refractivity contribution in [3.63, 3.8) is 0 Å². The van der Waals surface area contributed by atoms with Crippen molar-refractivity contribution in [2.75, 3.05) is 11.9 Å². The molecule has 3 rings (SSSR count). The molecule has 0 aliphatic rings. The number of carbonyl (C=O) groups is 2. The van der Waals surface area contributed by atoms with Crippen LogP contribution >= 0.6 is 22.9 Å². The standard InChI is InChI=1S/C20H19ClN2O4S/c1-5-27-20(26)16-10(2)11(3)28-19(16)22-18(25)14-9-23(4)15-7-6-12(21)8-13(15)17(14)24/h6-9H,5H2,1-4H3,(H,22,25). The number of nitrogens with one attached hydrogen (secondary N) is 1. The van der Waals surface area contributed by atoms with Crippen molar-refractivity contribution in [2.24, 2.45) is 7.05 Å². The molecular formula is C20H19ClN2O4S. The number of carbonyl (C=O) groups excluding carboxylic acids is 2. The average molecular weight is 419 g/mol. The smallest absolute Gasteiger partial charge is 0.341 e. The van der Waals surface area contributed by atoms with Crippen LogP contribution in [0.25, 0.3) is 10.9 Å². The maximum absolute atomic E-state index is 12.9. The molecule has 0 fully saturated rings. The van der Waals surface area contributed by atoms with Gasteiger partial charge >= 0.3 is 5.97 Å². The van der Waals surface area contributed by atoms with Crippen LogP contribution in [-0.2, 0) is 11.8 Å². The zero-order chi connectivity index (χ0) is 20.6. The highest BCUT2D eigenvalue weighted by Gasteiger charge is 2.23. The fraction of sp³-hybridized carbons (Fsp3) is 0.250. The number of aryl methyl sites for hydroxylation is 2. The van der Waals surface area contributed by atoms with E-state index in [4.69, 9.17) is 16.3 Å². The molecule has 1 N–H and O–H groups in total. The Balaban J connectivity index is 2.06. The van der Waals surface area contributed by atoms with Crippen LogP contribution in [-0.4, -0.2) is 23.1 Å². The molecule has 0 saturated carbocycles. The molecule has 0 unspecified atom stereocenters. The van der Waals surface area contributed by atoms with E-state index in [1.807, 2.05) is 6.92 Å². The summed E-state index contributed by atoms with van der Waals surface area (Å²) < 4.78 is 6.79. The van der Waals surface area contributed by atoms with Gasteiger partial charge in [0.2, 0.25) is 5.43 Å². The predicted octanol–water partition coefficient (Wildman–Crippen LogP) is 4.30. The zero-order valence-corrected chi connectivity index (χ0v) is 17.5. The molecule has 0 atom stereocenters. The van der Waals surface area contributed by atoms with E-state index in [1.165, 1.54) is 17.5 Å². The Labute approximate surface area is 170 Å². The van der Waals surface area contributed by atoms with Gasteiger partial charge in [0, 0.05) is 28.5 Å². The van der Waals surface area contributed by atoms with E-state index in [0.717, 1.165) is 10.4 Å². The highest BCUT2D eigenvalue weighted by Crippen LogP contribution is 2.33. The first-order valence-corrected chi connectivity index (χ1v) is 9.81. The number of fused-ring (bicyclic) bond motifs is 1. The van der Waals surface area contributed by atoms with E-state index >= 15 is 0 Å². The molecule has 28 heavy (non-hydrogen) atoms. The summed E-state index contributed by atoms with van der Waals surface area (Å²) in [5, 5.41) is 3.84. The number of hydrogen-bond acceptors (Lipinski definition) is 5. The Morgan fingerprint density at radius 2 is 2.00 bits per heavy atom. The molecule has 0 bridgehead atoms. The summed E-state index contributed by atoms with van der Waals surface area (Å²) >= 11 is 7.28. The van der Waals surface area contributed by atoms with Crippen LogP contribution in [0.3, 0.4) is 0 Å². The Morgan fingerprint density at radius 3 is 2.68 bits per heavy atom. The first kappa shape index (κ1) is 20.1. The molecule has 3 aromatic rings.